The predicted octanol–water partition coefficient (Wildman–Crippen LogP) is 2.85. The Labute approximate surface area is 215 Å². The van der Waals surface area contributed by atoms with Crippen molar-refractivity contribution < 1.29 is 34.0 Å². The summed E-state index contributed by atoms with van der Waals surface area (Å²) in [4.78, 5) is 25.1. The Bertz CT molecular complexity index is 1270. The van der Waals surface area contributed by atoms with E-state index >= 15 is 0 Å². The number of esters is 1. The van der Waals surface area contributed by atoms with Gasteiger partial charge in [-0.3, -0.25) is 9.59 Å². The third-order valence-corrected chi connectivity index (χ3v) is 8.69. The van der Waals surface area contributed by atoms with Crippen LogP contribution in [0.3, 0.4) is 0 Å². The van der Waals surface area contributed by atoms with E-state index in [9.17, 15) is 19.8 Å². The van der Waals surface area contributed by atoms with Crippen molar-refractivity contribution in [3.05, 3.63) is 71.0 Å². The minimum Gasteiger partial charge on any atom is -0.493 e. The average Bonchev–Trinajstić information content (AvgIpc) is 3.25. The van der Waals surface area contributed by atoms with Crippen molar-refractivity contribution in [2.45, 2.75) is 61.7 Å². The molecule has 1 saturated carbocycles. The number of aliphatic hydroxyl groups is 2. The molecular weight excluding hydrogens is 474 g/mol. The highest BCUT2D eigenvalue weighted by molar-refractivity contribution is 5.82. The van der Waals surface area contributed by atoms with Crippen LogP contribution >= 0.6 is 0 Å². The first kappa shape index (κ1) is 24.0. The zero-order chi connectivity index (χ0) is 25.8. The number of hydrogen-bond donors (Lipinski definition) is 3. The Morgan fingerprint density at radius 2 is 2.03 bits per heavy atom. The van der Waals surface area contributed by atoms with Crippen molar-refractivity contribution in [1.82, 2.24) is 5.32 Å². The van der Waals surface area contributed by atoms with Crippen LogP contribution in [0.1, 0.15) is 54.9 Å². The van der Waals surface area contributed by atoms with Gasteiger partial charge in [0.15, 0.2) is 23.7 Å². The van der Waals surface area contributed by atoms with Crippen LogP contribution < -0.4 is 14.8 Å². The van der Waals surface area contributed by atoms with Gasteiger partial charge in [0, 0.05) is 12.1 Å². The molecule has 8 heteroatoms. The van der Waals surface area contributed by atoms with Crippen molar-refractivity contribution in [2.75, 3.05) is 13.7 Å². The monoisotopic (exact) mass is 505 g/mol. The Kier molecular flexibility index (Phi) is 5.76. The Balaban J connectivity index is 1.18. The van der Waals surface area contributed by atoms with Crippen LogP contribution in [0.15, 0.2) is 54.3 Å². The molecule has 1 fully saturated rings. The second kappa shape index (κ2) is 8.89. The fraction of sp³-hybridized carbons (Fsp3) is 0.448. The molecular formula is C29H31NO7. The highest BCUT2D eigenvalue weighted by Gasteiger charge is 2.70. The van der Waals surface area contributed by atoms with E-state index in [0.29, 0.717) is 29.2 Å². The molecule has 37 heavy (non-hydrogen) atoms. The normalized spacial score (nSPS) is 29.3. The van der Waals surface area contributed by atoms with Gasteiger partial charge in [0.2, 0.25) is 0 Å². The van der Waals surface area contributed by atoms with Crippen LogP contribution in [-0.4, -0.2) is 47.4 Å². The summed E-state index contributed by atoms with van der Waals surface area (Å²) in [6.07, 6.45) is 3.60. The third kappa shape index (κ3) is 3.49. The number of carbonyl (C=O) groups is 2. The van der Waals surface area contributed by atoms with Crippen molar-refractivity contribution in [1.29, 1.82) is 0 Å². The van der Waals surface area contributed by atoms with Gasteiger partial charge in [-0.05, 0) is 54.9 Å². The smallest absolute Gasteiger partial charge is 0.312 e. The SMILES string of the molecule is COc1ccc2c3c1O[C@@H]1C(OC(=O)CCNC(=O)[C@H](O)c4ccccc4)=CC[C@]4(O)[C@@H](CCC[C@@]314)C2. The topological polar surface area (TPSA) is 114 Å². The summed E-state index contributed by atoms with van der Waals surface area (Å²) in [6.45, 7) is 0.0235. The number of benzene rings is 2. The number of carbonyl (C=O) groups excluding carboxylic acids is 2. The molecule has 8 nitrogen and oxygen atoms in total. The van der Waals surface area contributed by atoms with E-state index in [2.05, 4.69) is 11.4 Å². The van der Waals surface area contributed by atoms with E-state index in [1.54, 1.807) is 43.5 Å². The van der Waals surface area contributed by atoms with Gasteiger partial charge in [0.25, 0.3) is 5.91 Å². The lowest BCUT2D eigenvalue weighted by Gasteiger charge is -2.59. The quantitative estimate of drug-likeness (QED) is 0.496. The first-order chi connectivity index (χ1) is 17.9. The molecule has 1 spiro atoms. The Morgan fingerprint density at radius 1 is 1.22 bits per heavy atom. The number of aliphatic hydroxyl groups excluding tert-OH is 1. The summed E-state index contributed by atoms with van der Waals surface area (Å²) < 4.78 is 17.9. The lowest BCUT2D eigenvalue weighted by Crippen LogP contribution is -2.67. The molecule has 0 unspecified atom stereocenters. The van der Waals surface area contributed by atoms with E-state index in [4.69, 9.17) is 14.2 Å². The van der Waals surface area contributed by atoms with Gasteiger partial charge in [0.1, 0.15) is 5.76 Å². The first-order valence-corrected chi connectivity index (χ1v) is 12.9. The summed E-state index contributed by atoms with van der Waals surface area (Å²) in [6, 6.07) is 12.6. The first-order valence-electron chi connectivity index (χ1n) is 12.9. The molecule has 6 rings (SSSR count). The van der Waals surface area contributed by atoms with E-state index < -0.39 is 35.1 Å². The summed E-state index contributed by atoms with van der Waals surface area (Å²) in [5.41, 5.74) is 0.982. The molecule has 2 bridgehead atoms. The molecule has 1 heterocycles. The van der Waals surface area contributed by atoms with Crippen molar-refractivity contribution in [3.63, 3.8) is 0 Å². The van der Waals surface area contributed by atoms with Crippen LogP contribution in [0.4, 0.5) is 0 Å². The largest absolute Gasteiger partial charge is 0.493 e. The van der Waals surface area contributed by atoms with Crippen LogP contribution in [0, 0.1) is 5.92 Å². The highest BCUT2D eigenvalue weighted by Crippen LogP contribution is 2.67. The molecule has 3 N–H and O–H groups in total. The van der Waals surface area contributed by atoms with Gasteiger partial charge < -0.3 is 29.7 Å². The number of rotatable bonds is 7. The molecule has 2 aromatic rings. The molecule has 1 aliphatic heterocycles. The van der Waals surface area contributed by atoms with Crippen LogP contribution in [0.25, 0.3) is 0 Å². The van der Waals surface area contributed by atoms with E-state index in [1.807, 2.05) is 6.07 Å². The second-order valence-electron chi connectivity index (χ2n) is 10.5. The van der Waals surface area contributed by atoms with E-state index in [0.717, 1.165) is 31.2 Å². The molecule has 4 aliphatic rings. The average molecular weight is 506 g/mol. The second-order valence-corrected chi connectivity index (χ2v) is 10.5. The van der Waals surface area contributed by atoms with Gasteiger partial charge in [-0.25, -0.2) is 0 Å². The van der Waals surface area contributed by atoms with E-state index in [-0.39, 0.29) is 18.9 Å². The summed E-state index contributed by atoms with van der Waals surface area (Å²) in [7, 11) is 1.60. The number of methoxy groups -OCH3 is 1. The van der Waals surface area contributed by atoms with Crippen molar-refractivity contribution in [3.8, 4) is 11.5 Å². The van der Waals surface area contributed by atoms with Gasteiger partial charge in [-0.2, -0.15) is 0 Å². The summed E-state index contributed by atoms with van der Waals surface area (Å²) in [5, 5.41) is 24.9. The molecule has 1 amide bonds. The number of hydrogen-bond acceptors (Lipinski definition) is 7. The van der Waals surface area contributed by atoms with Crippen LogP contribution in [0.5, 0.6) is 11.5 Å². The summed E-state index contributed by atoms with van der Waals surface area (Å²) in [5.74, 6) is 0.659. The highest BCUT2D eigenvalue weighted by atomic mass is 16.6. The molecule has 2 aromatic carbocycles. The van der Waals surface area contributed by atoms with Crippen molar-refractivity contribution >= 4 is 11.9 Å². The van der Waals surface area contributed by atoms with Crippen molar-refractivity contribution in [2.24, 2.45) is 5.92 Å². The molecule has 0 radical (unpaired) electrons. The number of ether oxygens (including phenoxy) is 3. The third-order valence-electron chi connectivity index (χ3n) is 8.69. The Hall–Kier alpha value is -3.36. The molecule has 0 saturated heterocycles. The van der Waals surface area contributed by atoms with Gasteiger partial charge in [-0.1, -0.05) is 42.8 Å². The standard InChI is InChI=1S/C29H31NO7/c1-35-20-10-9-18-16-19-8-5-13-28-23(18)25(20)37-26(28)21(11-14-29(19,28)34)36-22(31)12-15-30-27(33)24(32)17-6-3-2-4-7-17/h2-4,6-7,9-11,19,24,26,32,34H,5,8,12-16H2,1H3,(H,30,33)/t19-,24+,26+,28+,29-/m0/s1. The van der Waals surface area contributed by atoms with Gasteiger partial charge in [0.05, 0.1) is 24.5 Å². The maximum atomic E-state index is 12.8. The fourth-order valence-corrected chi connectivity index (χ4v) is 7.04. The minimum atomic E-state index is -1.31. The van der Waals surface area contributed by atoms with E-state index in [1.165, 1.54) is 5.56 Å². The zero-order valence-corrected chi connectivity index (χ0v) is 20.7. The van der Waals surface area contributed by atoms with Gasteiger partial charge >= 0.3 is 5.97 Å². The van der Waals surface area contributed by atoms with Crippen LogP contribution in [-0.2, 0) is 26.2 Å². The fourth-order valence-electron chi connectivity index (χ4n) is 7.04. The molecule has 194 valence electrons. The number of nitrogens with one attached hydrogen (secondary N) is 1. The maximum absolute atomic E-state index is 12.8. The molecule has 5 atom stereocenters. The lowest BCUT2D eigenvalue weighted by atomic mass is 9.47. The summed E-state index contributed by atoms with van der Waals surface area (Å²) >= 11 is 0. The minimum absolute atomic E-state index is 0.0235. The number of amides is 1. The predicted molar refractivity (Wildman–Crippen MR) is 133 cm³/mol. The Morgan fingerprint density at radius 3 is 2.81 bits per heavy atom. The lowest BCUT2D eigenvalue weighted by molar-refractivity contribution is -0.160. The molecule has 3 aliphatic carbocycles. The van der Waals surface area contributed by atoms with Crippen LogP contribution in [0.2, 0.25) is 0 Å². The molecule has 0 aromatic heterocycles. The zero-order valence-electron chi connectivity index (χ0n) is 20.7. The maximum Gasteiger partial charge on any atom is 0.312 e. The van der Waals surface area contributed by atoms with Gasteiger partial charge in [-0.15, -0.1) is 0 Å².